The largest absolute Gasteiger partial charge is 0.343 e. The quantitative estimate of drug-likeness (QED) is 0.425. The second-order valence-electron chi connectivity index (χ2n) is 4.81. The molecule has 0 aliphatic rings. The van der Waals surface area contributed by atoms with Gasteiger partial charge in [0.1, 0.15) is 0 Å². The number of hydrogen-bond acceptors (Lipinski definition) is 3. The summed E-state index contributed by atoms with van der Waals surface area (Å²) in [4.78, 5) is 13.4. The van der Waals surface area contributed by atoms with E-state index in [-0.39, 0.29) is 5.91 Å². The number of carbonyl (C=O) groups is 1. The Kier molecular flexibility index (Phi) is 3.84. The first kappa shape index (κ1) is 14.3. The number of hydrogen-bond donors (Lipinski definition) is 2. The van der Waals surface area contributed by atoms with Crippen molar-refractivity contribution in [2.24, 2.45) is 5.84 Å². The van der Waals surface area contributed by atoms with Crippen molar-refractivity contribution >= 4 is 44.1 Å². The summed E-state index contributed by atoms with van der Waals surface area (Å²) in [6.07, 6.45) is 2.07. The zero-order valence-electron chi connectivity index (χ0n) is 11.4. The van der Waals surface area contributed by atoms with Gasteiger partial charge in [0.15, 0.2) is 0 Å². The molecule has 21 heavy (non-hydrogen) atoms. The molecular weight excluding hydrogens is 350 g/mol. The molecule has 0 unspecified atom stereocenters. The maximum Gasteiger partial charge on any atom is 0.275 e. The van der Waals surface area contributed by atoms with Crippen LogP contribution in [0.5, 0.6) is 0 Å². The molecule has 0 spiro atoms. The van der Waals surface area contributed by atoms with E-state index in [1.807, 2.05) is 19.1 Å². The van der Waals surface area contributed by atoms with Crippen molar-refractivity contribution < 1.29 is 4.79 Å². The maximum absolute atomic E-state index is 11.6. The first-order valence-corrected chi connectivity index (χ1v) is 8.04. The molecule has 108 valence electrons. The fraction of sp³-hybridized carbons (Fsp3) is 0.133. The van der Waals surface area contributed by atoms with Crippen molar-refractivity contribution in [1.82, 2.24) is 9.99 Å². The molecule has 3 N–H and O–H groups in total. The van der Waals surface area contributed by atoms with Gasteiger partial charge in [0.25, 0.3) is 5.91 Å². The Morgan fingerprint density at radius 3 is 2.95 bits per heavy atom. The summed E-state index contributed by atoms with van der Waals surface area (Å²) in [5, 5.41) is 1.19. The summed E-state index contributed by atoms with van der Waals surface area (Å²) in [6, 6.07) is 10.2. The number of nitrogens with zero attached hydrogens (tertiary/aromatic N) is 1. The monoisotopic (exact) mass is 363 g/mol. The highest BCUT2D eigenvalue weighted by atomic mass is 79.9. The highest BCUT2D eigenvalue weighted by Gasteiger charge is 2.12. The van der Waals surface area contributed by atoms with Crippen molar-refractivity contribution in [2.75, 3.05) is 0 Å². The predicted octanol–water partition coefficient (Wildman–Crippen LogP) is 3.43. The molecule has 0 aliphatic carbocycles. The Morgan fingerprint density at radius 2 is 2.19 bits per heavy atom. The van der Waals surface area contributed by atoms with E-state index in [1.165, 1.54) is 22.2 Å². The normalized spacial score (nSPS) is 11.0. The van der Waals surface area contributed by atoms with Crippen LogP contribution in [-0.2, 0) is 6.54 Å². The summed E-state index contributed by atoms with van der Waals surface area (Å²) in [5.74, 6) is 4.95. The molecule has 3 rings (SSSR count). The van der Waals surface area contributed by atoms with Gasteiger partial charge in [0, 0.05) is 33.0 Å². The minimum absolute atomic E-state index is 0.240. The van der Waals surface area contributed by atoms with Crippen LogP contribution in [0, 0.1) is 6.92 Å². The topological polar surface area (TPSA) is 60.1 Å². The molecule has 3 aromatic rings. The average Bonchev–Trinajstić information content (AvgIpc) is 3.03. The van der Waals surface area contributed by atoms with Crippen LogP contribution in [0.1, 0.15) is 20.1 Å². The van der Waals surface area contributed by atoms with Gasteiger partial charge in [-0.15, -0.1) is 11.3 Å². The number of halogens is 1. The summed E-state index contributed by atoms with van der Waals surface area (Å²) >= 11 is 4.95. The average molecular weight is 364 g/mol. The molecule has 0 bridgehead atoms. The van der Waals surface area contributed by atoms with E-state index in [0.717, 1.165) is 21.5 Å². The van der Waals surface area contributed by atoms with Crippen LogP contribution in [0.4, 0.5) is 0 Å². The van der Waals surface area contributed by atoms with Crippen LogP contribution in [0.3, 0.4) is 0 Å². The molecule has 1 aromatic carbocycles. The number of nitrogens with two attached hydrogens (primary N) is 1. The lowest BCUT2D eigenvalue weighted by Gasteiger charge is -2.05. The number of benzene rings is 1. The van der Waals surface area contributed by atoms with Crippen molar-refractivity contribution in [1.29, 1.82) is 0 Å². The Hall–Kier alpha value is -1.63. The summed E-state index contributed by atoms with van der Waals surface area (Å²) in [7, 11) is 0. The zero-order chi connectivity index (χ0) is 15.0. The second-order valence-corrected chi connectivity index (χ2v) is 6.98. The summed E-state index contributed by atoms with van der Waals surface area (Å²) in [6.45, 7) is 2.76. The van der Waals surface area contributed by atoms with E-state index >= 15 is 0 Å². The Labute approximate surface area is 134 Å². The third-order valence-corrected chi connectivity index (χ3v) is 5.03. The van der Waals surface area contributed by atoms with Gasteiger partial charge in [-0.25, -0.2) is 5.84 Å². The Balaban J connectivity index is 1.95. The predicted molar refractivity (Wildman–Crippen MR) is 89.4 cm³/mol. The number of hydrazine groups is 1. The third kappa shape index (κ3) is 2.74. The van der Waals surface area contributed by atoms with Crippen LogP contribution >= 0.6 is 27.3 Å². The van der Waals surface area contributed by atoms with Crippen molar-refractivity contribution in [3.05, 3.63) is 56.3 Å². The lowest BCUT2D eigenvalue weighted by Crippen LogP contribution is -2.29. The second kappa shape index (κ2) is 5.63. The molecular formula is C15H14BrN3OS. The van der Waals surface area contributed by atoms with E-state index in [1.54, 1.807) is 0 Å². The smallest absolute Gasteiger partial charge is 0.275 e. The van der Waals surface area contributed by atoms with E-state index in [2.05, 4.69) is 50.3 Å². The lowest BCUT2D eigenvalue weighted by atomic mass is 10.2. The highest BCUT2D eigenvalue weighted by molar-refractivity contribution is 9.10. The number of aryl methyl sites for hydroxylation is 1. The van der Waals surface area contributed by atoms with Crippen LogP contribution in [0.2, 0.25) is 0 Å². The van der Waals surface area contributed by atoms with Crippen molar-refractivity contribution in [3.8, 4) is 0 Å². The molecule has 4 nitrogen and oxygen atoms in total. The van der Waals surface area contributed by atoms with Gasteiger partial charge in [-0.2, -0.15) is 0 Å². The number of fused-ring (bicyclic) bond motifs is 1. The highest BCUT2D eigenvalue weighted by Crippen LogP contribution is 2.25. The van der Waals surface area contributed by atoms with E-state index < -0.39 is 0 Å². The van der Waals surface area contributed by atoms with Crippen molar-refractivity contribution in [3.63, 3.8) is 0 Å². The van der Waals surface area contributed by atoms with E-state index in [9.17, 15) is 4.79 Å². The van der Waals surface area contributed by atoms with Crippen LogP contribution < -0.4 is 11.3 Å². The maximum atomic E-state index is 11.6. The standard InChI is InChI=1S/C15H14BrN3OS/c1-9-11(7-14(21-9)15(20)18-17)8-19-5-4-10-6-12(16)2-3-13(10)19/h2-7H,8,17H2,1H3,(H,18,20). The number of aromatic nitrogens is 1. The summed E-state index contributed by atoms with van der Waals surface area (Å²) in [5.41, 5.74) is 4.49. The third-order valence-electron chi connectivity index (χ3n) is 3.45. The molecule has 0 saturated carbocycles. The van der Waals surface area contributed by atoms with Crippen molar-refractivity contribution in [2.45, 2.75) is 13.5 Å². The number of nitrogen functional groups attached to an aromatic ring is 1. The van der Waals surface area contributed by atoms with Crippen LogP contribution in [0.15, 0.2) is 41.0 Å². The number of carbonyl (C=O) groups excluding carboxylic acids is 1. The van der Waals surface area contributed by atoms with Gasteiger partial charge in [-0.3, -0.25) is 10.2 Å². The fourth-order valence-electron chi connectivity index (χ4n) is 2.35. The van der Waals surface area contributed by atoms with Gasteiger partial charge in [0.05, 0.1) is 4.88 Å². The number of amides is 1. The molecule has 1 amide bonds. The van der Waals surface area contributed by atoms with E-state index in [4.69, 9.17) is 5.84 Å². The van der Waals surface area contributed by atoms with Gasteiger partial charge in [-0.1, -0.05) is 15.9 Å². The van der Waals surface area contributed by atoms with Gasteiger partial charge in [0.2, 0.25) is 0 Å². The minimum atomic E-state index is -0.240. The summed E-state index contributed by atoms with van der Waals surface area (Å²) < 4.78 is 3.25. The molecule has 0 saturated heterocycles. The fourth-order valence-corrected chi connectivity index (χ4v) is 3.67. The minimum Gasteiger partial charge on any atom is -0.343 e. The van der Waals surface area contributed by atoms with Gasteiger partial charge < -0.3 is 4.57 Å². The first-order valence-electron chi connectivity index (χ1n) is 6.43. The molecule has 0 fully saturated rings. The molecule has 0 radical (unpaired) electrons. The van der Waals surface area contributed by atoms with Crippen LogP contribution in [0.25, 0.3) is 10.9 Å². The molecule has 2 heterocycles. The van der Waals surface area contributed by atoms with Crippen LogP contribution in [-0.4, -0.2) is 10.5 Å². The molecule has 0 atom stereocenters. The zero-order valence-corrected chi connectivity index (χ0v) is 13.8. The van der Waals surface area contributed by atoms with Gasteiger partial charge >= 0.3 is 0 Å². The Morgan fingerprint density at radius 1 is 1.38 bits per heavy atom. The first-order chi connectivity index (χ1) is 10.1. The Bertz CT molecular complexity index is 822. The number of nitrogens with one attached hydrogen (secondary N) is 1. The SMILES string of the molecule is Cc1sc(C(=O)NN)cc1Cn1ccc2cc(Br)ccc21. The number of rotatable bonds is 3. The number of thiophene rings is 1. The molecule has 6 heteroatoms. The van der Waals surface area contributed by atoms with E-state index in [0.29, 0.717) is 4.88 Å². The lowest BCUT2D eigenvalue weighted by molar-refractivity contribution is 0.0957. The molecule has 2 aromatic heterocycles. The van der Waals surface area contributed by atoms with Gasteiger partial charge in [-0.05, 0) is 42.8 Å². The molecule has 0 aliphatic heterocycles.